The van der Waals surface area contributed by atoms with Crippen LogP contribution in [0.25, 0.3) is 0 Å². The molecule has 1 rings (SSSR count). The number of hydrogen-bond donors (Lipinski definition) is 1. The quantitative estimate of drug-likeness (QED) is 0.738. The normalized spacial score (nSPS) is 12.6. The maximum atomic E-state index is 12.3. The number of hydrogen-bond acceptors (Lipinski definition) is 5. The Hall–Kier alpha value is -0.740. The molecule has 2 N–H and O–H groups in total. The number of benzene rings is 1. The van der Waals surface area contributed by atoms with Gasteiger partial charge in [0.1, 0.15) is 14.8 Å². The summed E-state index contributed by atoms with van der Waals surface area (Å²) in [5, 5.41) is 0.125. The summed E-state index contributed by atoms with van der Waals surface area (Å²) in [5.74, 6) is -0.262. The second-order valence-corrected chi connectivity index (χ2v) is 9.61. The van der Waals surface area contributed by atoms with Crippen LogP contribution < -0.4 is 5.73 Å². The highest BCUT2D eigenvalue weighted by Gasteiger charge is 2.22. The smallest absolute Gasteiger partial charge is 0.242 e. The van der Waals surface area contributed by atoms with E-state index in [2.05, 4.69) is 0 Å². The first kappa shape index (κ1) is 18.3. The van der Waals surface area contributed by atoms with Crippen molar-refractivity contribution >= 4 is 48.7 Å². The van der Waals surface area contributed by atoms with Crippen LogP contribution in [-0.4, -0.2) is 51.7 Å². The highest BCUT2D eigenvalue weighted by Crippen LogP contribution is 2.22. The van der Waals surface area contributed by atoms with E-state index in [4.69, 9.17) is 29.6 Å². The number of sulfone groups is 1. The van der Waals surface area contributed by atoms with Gasteiger partial charge >= 0.3 is 0 Å². The van der Waals surface area contributed by atoms with E-state index in [0.717, 1.165) is 10.6 Å². The zero-order valence-electron chi connectivity index (χ0n) is 11.4. The van der Waals surface area contributed by atoms with Crippen LogP contribution in [0.1, 0.15) is 5.56 Å². The average Bonchev–Trinajstić information content (AvgIpc) is 2.34. The molecule has 0 atom stereocenters. The van der Waals surface area contributed by atoms with Gasteiger partial charge in [0.2, 0.25) is 10.0 Å². The van der Waals surface area contributed by atoms with Crippen molar-refractivity contribution in [1.29, 1.82) is 0 Å². The fraction of sp³-hybridized carbons (Fsp3) is 0.364. The van der Waals surface area contributed by atoms with Gasteiger partial charge in [0.05, 0.1) is 15.7 Å². The van der Waals surface area contributed by atoms with Gasteiger partial charge in [0, 0.05) is 25.4 Å². The molecule has 0 spiro atoms. The fourth-order valence-corrected chi connectivity index (χ4v) is 3.95. The third-order valence-electron chi connectivity index (χ3n) is 2.69. The molecule has 10 heteroatoms. The molecule has 0 aromatic heterocycles. The molecule has 118 valence electrons. The molecule has 0 heterocycles. The Morgan fingerprint density at radius 3 is 2.33 bits per heavy atom. The van der Waals surface area contributed by atoms with Gasteiger partial charge in [-0.05, 0) is 18.2 Å². The minimum absolute atomic E-state index is 0.0523. The van der Waals surface area contributed by atoms with Crippen LogP contribution in [0.3, 0.4) is 0 Å². The topological polar surface area (TPSA) is 97.5 Å². The van der Waals surface area contributed by atoms with Gasteiger partial charge in [-0.2, -0.15) is 4.31 Å². The number of rotatable bonds is 6. The molecular formula is C11H15ClN2O4S3. The summed E-state index contributed by atoms with van der Waals surface area (Å²) in [7, 11) is -5.78. The van der Waals surface area contributed by atoms with E-state index in [-0.39, 0.29) is 27.2 Å². The van der Waals surface area contributed by atoms with Gasteiger partial charge in [0.15, 0.2) is 0 Å². The Bertz CT molecular complexity index is 760. The molecule has 0 fully saturated rings. The first-order valence-electron chi connectivity index (χ1n) is 5.68. The van der Waals surface area contributed by atoms with Crippen LogP contribution in [0.2, 0.25) is 5.02 Å². The highest BCUT2D eigenvalue weighted by molar-refractivity contribution is 7.91. The summed E-state index contributed by atoms with van der Waals surface area (Å²) >= 11 is 10.7. The largest absolute Gasteiger partial charge is 0.389 e. The van der Waals surface area contributed by atoms with Crippen LogP contribution in [0.5, 0.6) is 0 Å². The van der Waals surface area contributed by atoms with Crippen LogP contribution in [0.15, 0.2) is 23.1 Å². The third kappa shape index (κ3) is 4.89. The van der Waals surface area contributed by atoms with Gasteiger partial charge in [-0.1, -0.05) is 23.8 Å². The molecule has 0 aliphatic carbocycles. The van der Waals surface area contributed by atoms with Crippen molar-refractivity contribution in [3.8, 4) is 0 Å². The molecule has 6 nitrogen and oxygen atoms in total. The van der Waals surface area contributed by atoms with Gasteiger partial charge in [-0.25, -0.2) is 16.8 Å². The Kier molecular flexibility index (Phi) is 5.73. The summed E-state index contributed by atoms with van der Waals surface area (Å²) in [6.45, 7) is -0.143. The lowest BCUT2D eigenvalue weighted by atomic mass is 10.2. The lowest BCUT2D eigenvalue weighted by Gasteiger charge is -2.17. The van der Waals surface area contributed by atoms with Gasteiger partial charge in [-0.3, -0.25) is 0 Å². The number of thiocarbonyl (C=S) groups is 1. The van der Waals surface area contributed by atoms with E-state index in [1.54, 1.807) is 0 Å². The zero-order chi connectivity index (χ0) is 16.4. The van der Waals surface area contributed by atoms with E-state index in [1.165, 1.54) is 25.2 Å². The maximum Gasteiger partial charge on any atom is 0.242 e. The first-order chi connectivity index (χ1) is 9.45. The Labute approximate surface area is 134 Å². The summed E-state index contributed by atoms with van der Waals surface area (Å²) in [6.07, 6.45) is 1.04. The molecule has 0 radical (unpaired) electrons. The van der Waals surface area contributed by atoms with Crippen molar-refractivity contribution in [2.75, 3.05) is 25.6 Å². The molecule has 1 aromatic rings. The van der Waals surface area contributed by atoms with Gasteiger partial charge in [-0.15, -0.1) is 0 Å². The van der Waals surface area contributed by atoms with Crippen LogP contribution in [0, 0.1) is 0 Å². The molecule has 0 aliphatic heterocycles. The Morgan fingerprint density at radius 2 is 1.90 bits per heavy atom. The number of halogens is 1. The van der Waals surface area contributed by atoms with E-state index in [1.807, 2.05) is 0 Å². The third-order valence-corrected chi connectivity index (χ3v) is 6.00. The molecule has 21 heavy (non-hydrogen) atoms. The molecule has 0 bridgehead atoms. The van der Waals surface area contributed by atoms with Crippen LogP contribution in [0.4, 0.5) is 0 Å². The minimum atomic E-state index is -3.83. The maximum absolute atomic E-state index is 12.3. The van der Waals surface area contributed by atoms with E-state index >= 15 is 0 Å². The molecule has 1 aromatic carbocycles. The summed E-state index contributed by atoms with van der Waals surface area (Å²) < 4.78 is 47.7. The van der Waals surface area contributed by atoms with Crippen molar-refractivity contribution in [2.45, 2.75) is 4.90 Å². The summed E-state index contributed by atoms with van der Waals surface area (Å²) in [4.78, 5) is 0.0119. The lowest BCUT2D eigenvalue weighted by Crippen LogP contribution is -2.31. The van der Waals surface area contributed by atoms with Gasteiger partial charge < -0.3 is 5.73 Å². The second kappa shape index (κ2) is 6.57. The number of nitrogens with two attached hydrogens (primary N) is 1. The lowest BCUT2D eigenvalue weighted by molar-refractivity contribution is 0.485. The highest BCUT2D eigenvalue weighted by atomic mass is 35.5. The predicted molar refractivity (Wildman–Crippen MR) is 86.9 cm³/mol. The van der Waals surface area contributed by atoms with E-state index in [0.29, 0.717) is 5.56 Å². The molecule has 0 unspecified atom stereocenters. The molecule has 0 saturated carbocycles. The predicted octanol–water partition coefficient (Wildman–Crippen LogP) is 0.639. The van der Waals surface area contributed by atoms with Gasteiger partial charge in [0.25, 0.3) is 0 Å². The number of sulfonamides is 1. The van der Waals surface area contributed by atoms with Crippen molar-refractivity contribution in [1.82, 2.24) is 4.31 Å². The minimum Gasteiger partial charge on any atom is -0.389 e. The molecule has 0 aliphatic rings. The molecule has 0 saturated heterocycles. The summed E-state index contributed by atoms with van der Waals surface area (Å²) in [6, 6.07) is 3.98. The average molecular weight is 371 g/mol. The van der Waals surface area contributed by atoms with Crippen molar-refractivity contribution in [3.63, 3.8) is 0 Å². The Balaban J connectivity index is 3.08. The second-order valence-electron chi connectivity index (χ2n) is 4.46. The summed E-state index contributed by atoms with van der Waals surface area (Å²) in [5.41, 5.74) is 5.83. The number of nitrogens with zero attached hydrogens (tertiary/aromatic N) is 1. The van der Waals surface area contributed by atoms with Crippen LogP contribution >= 0.6 is 23.8 Å². The first-order valence-corrected chi connectivity index (χ1v) is 9.97. The SMILES string of the molecule is CN(CCS(C)(=O)=O)S(=O)(=O)c1ccc(C(N)=S)c(Cl)c1. The molecule has 0 amide bonds. The van der Waals surface area contributed by atoms with E-state index in [9.17, 15) is 16.8 Å². The molecular weight excluding hydrogens is 356 g/mol. The van der Waals surface area contributed by atoms with Crippen LogP contribution in [-0.2, 0) is 19.9 Å². The monoisotopic (exact) mass is 370 g/mol. The van der Waals surface area contributed by atoms with Crippen molar-refractivity contribution in [2.24, 2.45) is 5.73 Å². The Morgan fingerprint density at radius 1 is 1.33 bits per heavy atom. The van der Waals surface area contributed by atoms with Crippen molar-refractivity contribution < 1.29 is 16.8 Å². The van der Waals surface area contributed by atoms with E-state index < -0.39 is 19.9 Å². The zero-order valence-corrected chi connectivity index (χ0v) is 14.6. The van der Waals surface area contributed by atoms with Crippen molar-refractivity contribution in [3.05, 3.63) is 28.8 Å². The standard InChI is InChI=1S/C11H15ClN2O4S3/c1-14(5-6-20(2,15)16)21(17,18)8-3-4-9(11(13)19)10(12)7-8/h3-4,7H,5-6H2,1-2H3,(H2,13,19). The fourth-order valence-electron chi connectivity index (χ4n) is 1.45.